The molecule has 0 atom stereocenters. The topological polar surface area (TPSA) is 40.9 Å². The van der Waals surface area contributed by atoms with Gasteiger partial charge < -0.3 is 5.41 Å². The van der Waals surface area contributed by atoms with E-state index in [1.807, 2.05) is 0 Å². The lowest BCUT2D eigenvalue weighted by atomic mass is 10.0. The Bertz CT molecular complexity index is 185. The first-order chi connectivity index (χ1) is 6.57. The Morgan fingerprint density at radius 2 is 1.86 bits per heavy atom. The van der Waals surface area contributed by atoms with E-state index in [1.165, 1.54) is 0 Å². The molecule has 82 valence electrons. The molecule has 0 spiro atoms. The summed E-state index contributed by atoms with van der Waals surface area (Å²) in [5.41, 5.74) is 0.333. The first-order valence-electron chi connectivity index (χ1n) is 5.68. The van der Waals surface area contributed by atoms with Crippen LogP contribution in [-0.2, 0) is 4.79 Å². The van der Waals surface area contributed by atoms with Crippen molar-refractivity contribution in [3.8, 4) is 0 Å². The van der Waals surface area contributed by atoms with Gasteiger partial charge in [-0.2, -0.15) is 0 Å². The summed E-state index contributed by atoms with van der Waals surface area (Å²) in [6, 6.07) is 0. The second-order valence-corrected chi connectivity index (χ2v) is 4.29. The molecule has 0 heterocycles. The third-order valence-corrected chi connectivity index (χ3v) is 2.32. The monoisotopic (exact) mass is 197 g/mol. The molecule has 0 aromatic heterocycles. The van der Waals surface area contributed by atoms with Gasteiger partial charge in [0.05, 0.1) is 5.71 Å². The summed E-state index contributed by atoms with van der Waals surface area (Å²) in [6.07, 6.45) is 5.40. The largest absolute Gasteiger partial charge is 0.302 e. The van der Waals surface area contributed by atoms with E-state index in [0.29, 0.717) is 24.5 Å². The van der Waals surface area contributed by atoms with Gasteiger partial charge in [0.1, 0.15) is 0 Å². The van der Waals surface area contributed by atoms with E-state index in [2.05, 4.69) is 20.8 Å². The molecule has 2 heteroatoms. The fourth-order valence-corrected chi connectivity index (χ4v) is 1.26. The van der Waals surface area contributed by atoms with Crippen LogP contribution >= 0.6 is 0 Å². The van der Waals surface area contributed by atoms with Gasteiger partial charge in [0, 0.05) is 6.42 Å². The first-order valence-corrected chi connectivity index (χ1v) is 5.68. The molecule has 0 amide bonds. The molecule has 0 aromatic carbocycles. The maximum Gasteiger partial charge on any atom is 0.176 e. The Morgan fingerprint density at radius 1 is 1.21 bits per heavy atom. The minimum atomic E-state index is 0.0507. The molecule has 2 nitrogen and oxygen atoms in total. The molecule has 1 N–H and O–H groups in total. The molecule has 0 aliphatic rings. The summed E-state index contributed by atoms with van der Waals surface area (Å²) in [4.78, 5) is 11.4. The molecule has 0 aliphatic heterocycles. The fourth-order valence-electron chi connectivity index (χ4n) is 1.26. The molecular weight excluding hydrogens is 174 g/mol. The third-order valence-electron chi connectivity index (χ3n) is 2.32. The molecule has 0 fully saturated rings. The van der Waals surface area contributed by atoms with Crippen molar-refractivity contribution in [2.45, 2.75) is 59.3 Å². The predicted octanol–water partition coefficient (Wildman–Crippen LogP) is 3.59. The maximum absolute atomic E-state index is 11.4. The fraction of sp³-hybridized carbons (Fsp3) is 0.833. The van der Waals surface area contributed by atoms with Gasteiger partial charge in [-0.15, -0.1) is 0 Å². The minimum Gasteiger partial charge on any atom is -0.302 e. The number of hydrogen-bond donors (Lipinski definition) is 1. The number of ketones is 1. The highest BCUT2D eigenvalue weighted by atomic mass is 16.1. The number of nitrogens with one attached hydrogen (secondary N) is 1. The smallest absolute Gasteiger partial charge is 0.176 e. The zero-order valence-corrected chi connectivity index (χ0v) is 9.73. The van der Waals surface area contributed by atoms with Crippen LogP contribution in [0.4, 0.5) is 0 Å². The van der Waals surface area contributed by atoms with Crippen molar-refractivity contribution in [3.05, 3.63) is 0 Å². The van der Waals surface area contributed by atoms with Gasteiger partial charge >= 0.3 is 0 Å². The normalized spacial score (nSPS) is 10.6. The molecule has 0 bridgehead atoms. The molecule has 0 rings (SSSR count). The van der Waals surface area contributed by atoms with Gasteiger partial charge in [-0.3, -0.25) is 4.79 Å². The van der Waals surface area contributed by atoms with Crippen LogP contribution in [0.15, 0.2) is 0 Å². The van der Waals surface area contributed by atoms with Crippen LogP contribution in [0.3, 0.4) is 0 Å². The number of rotatable bonds is 8. The molecule has 0 saturated carbocycles. The highest BCUT2D eigenvalue weighted by Crippen LogP contribution is 2.07. The number of carbonyl (C=O) groups is 1. The minimum absolute atomic E-state index is 0.0507. The molecule has 0 aromatic rings. The summed E-state index contributed by atoms with van der Waals surface area (Å²) in [5, 5.41) is 7.57. The highest BCUT2D eigenvalue weighted by molar-refractivity contribution is 6.38. The van der Waals surface area contributed by atoms with Gasteiger partial charge in [-0.25, -0.2) is 0 Å². The zero-order chi connectivity index (χ0) is 11.0. The van der Waals surface area contributed by atoms with Crippen LogP contribution in [0.1, 0.15) is 59.3 Å². The second kappa shape index (κ2) is 7.72. The van der Waals surface area contributed by atoms with Crippen LogP contribution < -0.4 is 0 Å². The lowest BCUT2D eigenvalue weighted by molar-refractivity contribution is -0.113. The van der Waals surface area contributed by atoms with Crippen molar-refractivity contribution in [1.29, 1.82) is 5.41 Å². The summed E-state index contributed by atoms with van der Waals surface area (Å²) < 4.78 is 0. The van der Waals surface area contributed by atoms with Crippen LogP contribution in [0.5, 0.6) is 0 Å². The summed E-state index contributed by atoms with van der Waals surface area (Å²) in [6.45, 7) is 6.34. The molecule has 0 radical (unpaired) electrons. The Morgan fingerprint density at radius 3 is 2.36 bits per heavy atom. The van der Waals surface area contributed by atoms with Crippen molar-refractivity contribution in [1.82, 2.24) is 0 Å². The van der Waals surface area contributed by atoms with E-state index in [4.69, 9.17) is 5.41 Å². The van der Waals surface area contributed by atoms with E-state index in [0.717, 1.165) is 25.7 Å². The third kappa shape index (κ3) is 6.81. The average molecular weight is 197 g/mol. The van der Waals surface area contributed by atoms with E-state index < -0.39 is 0 Å². The van der Waals surface area contributed by atoms with Crippen molar-refractivity contribution in [2.24, 2.45) is 5.92 Å². The molecule has 0 aliphatic carbocycles. The number of hydrogen-bond acceptors (Lipinski definition) is 2. The summed E-state index contributed by atoms with van der Waals surface area (Å²) >= 11 is 0. The molecule has 0 unspecified atom stereocenters. The first kappa shape index (κ1) is 13.3. The molecular formula is C12H23NO. The van der Waals surface area contributed by atoms with Gasteiger partial charge in [0.25, 0.3) is 0 Å². The lowest BCUT2D eigenvalue weighted by Crippen LogP contribution is -2.13. The van der Waals surface area contributed by atoms with E-state index in [1.54, 1.807) is 0 Å². The van der Waals surface area contributed by atoms with Crippen molar-refractivity contribution in [3.63, 3.8) is 0 Å². The van der Waals surface area contributed by atoms with Gasteiger partial charge in [0.15, 0.2) is 5.78 Å². The standard InChI is InChI=1S/C12H23NO/c1-4-5-6-7-11(13)12(14)9-8-10(2)3/h10,13H,4-9H2,1-3H3. The van der Waals surface area contributed by atoms with Crippen molar-refractivity contribution < 1.29 is 4.79 Å². The van der Waals surface area contributed by atoms with E-state index in [9.17, 15) is 4.79 Å². The Balaban J connectivity index is 3.60. The van der Waals surface area contributed by atoms with Gasteiger partial charge in [0.2, 0.25) is 0 Å². The summed E-state index contributed by atoms with van der Waals surface area (Å²) in [5.74, 6) is 0.609. The quantitative estimate of drug-likeness (QED) is 0.469. The van der Waals surface area contributed by atoms with Crippen LogP contribution in [0.2, 0.25) is 0 Å². The Hall–Kier alpha value is -0.660. The zero-order valence-electron chi connectivity index (χ0n) is 9.73. The average Bonchev–Trinajstić information content (AvgIpc) is 2.14. The van der Waals surface area contributed by atoms with Crippen molar-refractivity contribution >= 4 is 11.5 Å². The van der Waals surface area contributed by atoms with Gasteiger partial charge in [-0.1, -0.05) is 33.6 Å². The highest BCUT2D eigenvalue weighted by Gasteiger charge is 2.09. The van der Waals surface area contributed by atoms with E-state index in [-0.39, 0.29) is 5.78 Å². The Kier molecular flexibility index (Phi) is 7.35. The van der Waals surface area contributed by atoms with Gasteiger partial charge in [-0.05, 0) is 25.2 Å². The van der Waals surface area contributed by atoms with Crippen LogP contribution in [0, 0.1) is 11.3 Å². The molecule has 14 heavy (non-hydrogen) atoms. The maximum atomic E-state index is 11.4. The lowest BCUT2D eigenvalue weighted by Gasteiger charge is -2.04. The van der Waals surface area contributed by atoms with Crippen molar-refractivity contribution in [2.75, 3.05) is 0 Å². The van der Waals surface area contributed by atoms with Crippen LogP contribution in [-0.4, -0.2) is 11.5 Å². The number of carbonyl (C=O) groups excluding carboxylic acids is 1. The number of Topliss-reactive ketones (excluding diaryl/α,β-unsaturated/α-hetero) is 1. The van der Waals surface area contributed by atoms with E-state index >= 15 is 0 Å². The Labute approximate surface area is 87.6 Å². The summed E-state index contributed by atoms with van der Waals surface area (Å²) in [7, 11) is 0. The predicted molar refractivity (Wildman–Crippen MR) is 60.9 cm³/mol. The van der Waals surface area contributed by atoms with Crippen LogP contribution in [0.25, 0.3) is 0 Å². The molecule has 0 saturated heterocycles. The SMILES string of the molecule is CCCCCC(=N)C(=O)CCC(C)C. The second-order valence-electron chi connectivity index (χ2n) is 4.29. The number of unbranched alkanes of at least 4 members (excludes halogenated alkanes) is 2.